The quantitative estimate of drug-likeness (QED) is 0.569. The number of hydrogen-bond donors (Lipinski definition) is 0. The Morgan fingerprint density at radius 2 is 1.96 bits per heavy atom. The summed E-state index contributed by atoms with van der Waals surface area (Å²) in [6, 6.07) is 8.03. The van der Waals surface area contributed by atoms with E-state index in [1.165, 1.54) is 18.2 Å². The number of aryl methyl sites for hydroxylation is 1. The van der Waals surface area contributed by atoms with Gasteiger partial charge >= 0.3 is 0 Å². The van der Waals surface area contributed by atoms with Crippen LogP contribution in [0.1, 0.15) is 35.4 Å². The second-order valence-corrected chi connectivity index (χ2v) is 6.91. The summed E-state index contributed by atoms with van der Waals surface area (Å²) in [6.45, 7) is 5.70. The van der Waals surface area contributed by atoms with Crippen molar-refractivity contribution in [2.24, 2.45) is 0 Å². The van der Waals surface area contributed by atoms with Gasteiger partial charge in [0.05, 0.1) is 12.7 Å². The fourth-order valence-corrected chi connectivity index (χ4v) is 3.27. The highest BCUT2D eigenvalue weighted by molar-refractivity contribution is 5.51. The van der Waals surface area contributed by atoms with Crippen molar-refractivity contribution in [1.82, 2.24) is 0 Å². The molecule has 1 heterocycles. The van der Waals surface area contributed by atoms with Gasteiger partial charge in [0.15, 0.2) is 11.6 Å². The first-order chi connectivity index (χ1) is 13.5. The minimum absolute atomic E-state index is 0.109. The normalized spacial score (nSPS) is 19.7. The maximum atomic E-state index is 14.4. The highest BCUT2D eigenvalue weighted by Gasteiger charge is 2.26. The molecule has 1 fully saturated rings. The SMILES string of the molecule is C=CCOc1ccc(C2CCC(/C=C/c3ccc(C)cc3F)OC2)c(F)c1F. The number of halogens is 3. The summed E-state index contributed by atoms with van der Waals surface area (Å²) >= 11 is 0. The molecular weight excluding hydrogens is 365 g/mol. The molecule has 2 nitrogen and oxygen atoms in total. The van der Waals surface area contributed by atoms with Gasteiger partial charge in [-0.25, -0.2) is 8.78 Å². The van der Waals surface area contributed by atoms with Crippen molar-refractivity contribution in [3.63, 3.8) is 0 Å². The molecule has 2 atom stereocenters. The maximum Gasteiger partial charge on any atom is 0.200 e. The van der Waals surface area contributed by atoms with Crippen LogP contribution in [0.5, 0.6) is 5.75 Å². The van der Waals surface area contributed by atoms with Crippen LogP contribution in [0.2, 0.25) is 0 Å². The lowest BCUT2D eigenvalue weighted by molar-refractivity contribution is 0.0322. The van der Waals surface area contributed by atoms with Gasteiger partial charge in [-0.1, -0.05) is 43.0 Å². The molecule has 0 radical (unpaired) electrons. The predicted molar refractivity (Wildman–Crippen MR) is 104 cm³/mol. The molecule has 1 aliphatic heterocycles. The summed E-state index contributed by atoms with van der Waals surface area (Å²) < 4.78 is 53.4. The Bertz CT molecular complexity index is 868. The van der Waals surface area contributed by atoms with E-state index in [2.05, 4.69) is 6.58 Å². The van der Waals surface area contributed by atoms with Crippen molar-refractivity contribution in [1.29, 1.82) is 0 Å². The molecule has 5 heteroatoms. The van der Waals surface area contributed by atoms with E-state index < -0.39 is 11.6 Å². The fraction of sp³-hybridized carbons (Fsp3) is 0.304. The topological polar surface area (TPSA) is 18.5 Å². The Balaban J connectivity index is 1.63. The Morgan fingerprint density at radius 3 is 2.64 bits per heavy atom. The van der Waals surface area contributed by atoms with E-state index in [4.69, 9.17) is 9.47 Å². The van der Waals surface area contributed by atoms with Crippen LogP contribution >= 0.6 is 0 Å². The Hall–Kier alpha value is -2.53. The zero-order valence-corrected chi connectivity index (χ0v) is 15.8. The van der Waals surface area contributed by atoms with Crippen molar-refractivity contribution in [3.8, 4) is 5.75 Å². The molecule has 0 saturated carbocycles. The number of ether oxygens (including phenoxy) is 2. The summed E-state index contributed by atoms with van der Waals surface area (Å²) in [5.74, 6) is -2.52. The van der Waals surface area contributed by atoms with Crippen LogP contribution in [0.15, 0.2) is 49.1 Å². The van der Waals surface area contributed by atoms with Crippen LogP contribution in [-0.2, 0) is 4.74 Å². The van der Waals surface area contributed by atoms with Gasteiger partial charge in [0, 0.05) is 11.5 Å². The third kappa shape index (κ3) is 4.65. The smallest absolute Gasteiger partial charge is 0.200 e. The molecule has 1 aliphatic rings. The van der Waals surface area contributed by atoms with E-state index in [9.17, 15) is 13.2 Å². The third-order valence-corrected chi connectivity index (χ3v) is 4.83. The molecule has 28 heavy (non-hydrogen) atoms. The molecule has 2 aromatic rings. The lowest BCUT2D eigenvalue weighted by atomic mass is 9.90. The summed E-state index contributed by atoms with van der Waals surface area (Å²) in [7, 11) is 0. The number of hydrogen-bond acceptors (Lipinski definition) is 2. The second kappa shape index (κ2) is 9.11. The second-order valence-electron chi connectivity index (χ2n) is 6.91. The maximum absolute atomic E-state index is 14.4. The molecule has 0 spiro atoms. The zero-order chi connectivity index (χ0) is 20.1. The predicted octanol–water partition coefficient (Wildman–Crippen LogP) is 5.95. The highest BCUT2D eigenvalue weighted by Crippen LogP contribution is 2.33. The molecule has 0 bridgehead atoms. The van der Waals surface area contributed by atoms with Crippen LogP contribution < -0.4 is 4.74 Å². The van der Waals surface area contributed by atoms with Gasteiger partial charge < -0.3 is 9.47 Å². The number of benzene rings is 2. The van der Waals surface area contributed by atoms with E-state index in [1.54, 1.807) is 18.2 Å². The van der Waals surface area contributed by atoms with E-state index in [-0.39, 0.29) is 42.4 Å². The van der Waals surface area contributed by atoms with Gasteiger partial charge in [0.25, 0.3) is 0 Å². The lowest BCUT2D eigenvalue weighted by Gasteiger charge is -2.28. The average molecular weight is 388 g/mol. The molecular formula is C23H23F3O2. The van der Waals surface area contributed by atoms with Gasteiger partial charge in [0.2, 0.25) is 5.82 Å². The van der Waals surface area contributed by atoms with Crippen LogP contribution in [0.25, 0.3) is 6.08 Å². The van der Waals surface area contributed by atoms with Crippen LogP contribution in [0.4, 0.5) is 13.2 Å². The lowest BCUT2D eigenvalue weighted by Crippen LogP contribution is -2.24. The standard InChI is InChI=1S/C23H23F3O2/c1-3-12-27-21-11-10-19(22(25)23(21)26)17-7-9-18(28-14-17)8-6-16-5-4-15(2)13-20(16)24/h3-6,8,10-11,13,17-18H,1,7,9,12,14H2,2H3/b8-6+. The van der Waals surface area contributed by atoms with Gasteiger partial charge in [-0.05, 0) is 43.0 Å². The Labute approximate surface area is 163 Å². The van der Waals surface area contributed by atoms with Crippen LogP contribution in [0, 0.1) is 24.4 Å². The van der Waals surface area contributed by atoms with Gasteiger partial charge in [-0.3, -0.25) is 0 Å². The molecule has 0 aromatic heterocycles. The van der Waals surface area contributed by atoms with Crippen molar-refractivity contribution in [3.05, 3.63) is 83.2 Å². The first kappa shape index (κ1) is 20.2. The number of rotatable bonds is 6. The summed E-state index contributed by atoms with van der Waals surface area (Å²) in [5, 5.41) is 0. The van der Waals surface area contributed by atoms with Crippen LogP contribution in [0.3, 0.4) is 0 Å². The summed E-state index contributed by atoms with van der Waals surface area (Å²) in [5.41, 5.74) is 1.65. The molecule has 0 aliphatic carbocycles. The van der Waals surface area contributed by atoms with Gasteiger partial charge in [-0.15, -0.1) is 0 Å². The van der Waals surface area contributed by atoms with Crippen molar-refractivity contribution >= 4 is 6.08 Å². The monoisotopic (exact) mass is 388 g/mol. The van der Waals surface area contributed by atoms with E-state index in [1.807, 2.05) is 19.1 Å². The minimum Gasteiger partial charge on any atom is -0.486 e. The van der Waals surface area contributed by atoms with E-state index in [0.29, 0.717) is 18.4 Å². The van der Waals surface area contributed by atoms with Crippen molar-refractivity contribution < 1.29 is 22.6 Å². The zero-order valence-electron chi connectivity index (χ0n) is 15.8. The average Bonchev–Trinajstić information content (AvgIpc) is 2.69. The van der Waals surface area contributed by atoms with E-state index >= 15 is 0 Å². The van der Waals surface area contributed by atoms with Crippen LogP contribution in [-0.4, -0.2) is 19.3 Å². The summed E-state index contributed by atoms with van der Waals surface area (Å²) in [4.78, 5) is 0. The molecule has 3 rings (SSSR count). The first-order valence-corrected chi connectivity index (χ1v) is 9.27. The van der Waals surface area contributed by atoms with E-state index in [0.717, 1.165) is 5.56 Å². The third-order valence-electron chi connectivity index (χ3n) is 4.83. The molecule has 2 unspecified atom stereocenters. The molecule has 0 N–H and O–H groups in total. The Morgan fingerprint density at radius 1 is 1.14 bits per heavy atom. The first-order valence-electron chi connectivity index (χ1n) is 9.27. The highest BCUT2D eigenvalue weighted by atomic mass is 19.2. The minimum atomic E-state index is -0.990. The van der Waals surface area contributed by atoms with Gasteiger partial charge in [0.1, 0.15) is 12.4 Å². The van der Waals surface area contributed by atoms with Crippen molar-refractivity contribution in [2.75, 3.05) is 13.2 Å². The van der Waals surface area contributed by atoms with Gasteiger partial charge in [-0.2, -0.15) is 4.39 Å². The summed E-state index contributed by atoms with van der Waals surface area (Å²) in [6.07, 6.45) is 6.09. The largest absolute Gasteiger partial charge is 0.486 e. The van der Waals surface area contributed by atoms with Crippen molar-refractivity contribution in [2.45, 2.75) is 31.8 Å². The molecule has 0 amide bonds. The molecule has 2 aromatic carbocycles. The Kier molecular flexibility index (Phi) is 6.57. The molecule has 1 saturated heterocycles. The fourth-order valence-electron chi connectivity index (χ4n) is 3.27. The molecule has 148 valence electrons.